The van der Waals surface area contributed by atoms with Crippen molar-refractivity contribution in [2.45, 2.75) is 6.54 Å². The highest BCUT2D eigenvalue weighted by Gasteiger charge is 2.27. The van der Waals surface area contributed by atoms with Crippen molar-refractivity contribution in [3.8, 4) is 23.0 Å². The van der Waals surface area contributed by atoms with Gasteiger partial charge in [0.15, 0.2) is 23.0 Å². The summed E-state index contributed by atoms with van der Waals surface area (Å²) in [6.45, 7) is 1.58. The largest absolute Gasteiger partial charge is 0.486 e. The Morgan fingerprint density at radius 1 is 0.929 bits per heavy atom. The molecule has 2 aliphatic heterocycles. The number of thiophene rings is 1. The number of benzene rings is 2. The van der Waals surface area contributed by atoms with E-state index in [9.17, 15) is 4.79 Å². The third-order valence-corrected chi connectivity index (χ3v) is 5.46. The van der Waals surface area contributed by atoms with E-state index in [2.05, 4.69) is 0 Å². The molecule has 0 saturated carbocycles. The Morgan fingerprint density at radius 2 is 1.82 bits per heavy atom. The third-order valence-electron chi connectivity index (χ3n) is 4.60. The van der Waals surface area contributed by atoms with Gasteiger partial charge in [-0.3, -0.25) is 4.79 Å². The summed E-state index contributed by atoms with van der Waals surface area (Å²) in [5, 5.41) is 2.00. The molecule has 0 bridgehead atoms. The van der Waals surface area contributed by atoms with Crippen molar-refractivity contribution in [3.63, 3.8) is 0 Å². The van der Waals surface area contributed by atoms with Gasteiger partial charge in [-0.2, -0.15) is 0 Å². The van der Waals surface area contributed by atoms with Crippen LogP contribution in [0.25, 0.3) is 0 Å². The molecule has 1 aromatic heterocycles. The van der Waals surface area contributed by atoms with Crippen LogP contribution in [0.4, 0.5) is 5.69 Å². The molecular weight excluding hydrogens is 378 g/mol. The van der Waals surface area contributed by atoms with Crippen LogP contribution in [-0.2, 0) is 6.54 Å². The Morgan fingerprint density at radius 3 is 2.68 bits per heavy atom. The van der Waals surface area contributed by atoms with Gasteiger partial charge in [0.25, 0.3) is 5.91 Å². The van der Waals surface area contributed by atoms with E-state index in [4.69, 9.17) is 18.9 Å². The number of ether oxygens (including phenoxy) is 4. The minimum absolute atomic E-state index is 0.120. The van der Waals surface area contributed by atoms with E-state index in [1.807, 2.05) is 35.7 Å². The molecule has 0 saturated heterocycles. The van der Waals surface area contributed by atoms with Crippen molar-refractivity contribution >= 4 is 22.9 Å². The average molecular weight is 395 g/mol. The Bertz CT molecular complexity index is 1020. The molecule has 0 fully saturated rings. The van der Waals surface area contributed by atoms with E-state index in [1.165, 1.54) is 0 Å². The number of carbonyl (C=O) groups is 1. The highest BCUT2D eigenvalue weighted by Crippen LogP contribution is 2.39. The van der Waals surface area contributed by atoms with Crippen molar-refractivity contribution in [1.82, 2.24) is 0 Å². The molecule has 6 nitrogen and oxygen atoms in total. The van der Waals surface area contributed by atoms with Gasteiger partial charge in [-0.15, -0.1) is 11.3 Å². The Labute approximate surface area is 165 Å². The second kappa shape index (κ2) is 7.09. The predicted molar refractivity (Wildman–Crippen MR) is 105 cm³/mol. The lowest BCUT2D eigenvalue weighted by atomic mass is 10.1. The quantitative estimate of drug-likeness (QED) is 0.666. The number of fused-ring (bicyclic) bond motifs is 2. The number of rotatable bonds is 4. The average Bonchev–Trinajstić information content (AvgIpc) is 3.42. The second-order valence-electron chi connectivity index (χ2n) is 6.34. The number of amides is 1. The first-order chi connectivity index (χ1) is 13.8. The van der Waals surface area contributed by atoms with E-state index in [0.717, 1.165) is 10.6 Å². The van der Waals surface area contributed by atoms with Crippen molar-refractivity contribution in [2.24, 2.45) is 0 Å². The minimum atomic E-state index is -0.160. The third kappa shape index (κ3) is 3.03. The fourth-order valence-electron chi connectivity index (χ4n) is 3.28. The molecule has 3 heterocycles. The summed E-state index contributed by atoms with van der Waals surface area (Å²) in [5.41, 5.74) is 1.21. The highest BCUT2D eigenvalue weighted by atomic mass is 32.1. The van der Waals surface area contributed by atoms with Gasteiger partial charge >= 0.3 is 0 Å². The summed E-state index contributed by atoms with van der Waals surface area (Å²) in [5.74, 6) is 2.25. The van der Waals surface area contributed by atoms with Crippen LogP contribution >= 0.6 is 11.3 Å². The number of hydrogen-bond donors (Lipinski definition) is 0. The maximum absolute atomic E-state index is 13.5. The van der Waals surface area contributed by atoms with Gasteiger partial charge in [0.1, 0.15) is 13.2 Å². The topological polar surface area (TPSA) is 57.2 Å². The number of nitrogens with zero attached hydrogens (tertiary/aromatic N) is 1. The first-order valence-electron chi connectivity index (χ1n) is 8.92. The molecule has 0 radical (unpaired) electrons. The first-order valence-corrected chi connectivity index (χ1v) is 9.80. The molecule has 3 aromatic rings. The van der Waals surface area contributed by atoms with E-state index in [1.54, 1.807) is 34.4 Å². The fraction of sp³-hybridized carbons (Fsp3) is 0.190. The molecule has 0 spiro atoms. The Hall–Kier alpha value is -3.19. The SMILES string of the molecule is O=C(c1cccc2c1OCO2)N(Cc1cccs1)c1ccc2c(c1)OCCO2. The van der Waals surface area contributed by atoms with Gasteiger partial charge in [0, 0.05) is 16.6 Å². The summed E-state index contributed by atoms with van der Waals surface area (Å²) >= 11 is 1.61. The lowest BCUT2D eigenvalue weighted by Gasteiger charge is -2.25. The van der Waals surface area contributed by atoms with Crippen LogP contribution in [0.15, 0.2) is 53.9 Å². The molecule has 0 N–H and O–H groups in total. The Kier molecular flexibility index (Phi) is 4.29. The summed E-state index contributed by atoms with van der Waals surface area (Å²) in [6.07, 6.45) is 0. The standard InChI is InChI=1S/C21H17NO5S/c23-21(16-4-1-5-18-20(16)27-13-26-18)22(12-15-3-2-10-28-15)14-6-7-17-19(11-14)25-9-8-24-17/h1-7,10-11H,8-9,12-13H2. The zero-order chi connectivity index (χ0) is 18.9. The zero-order valence-electron chi connectivity index (χ0n) is 14.9. The van der Waals surface area contributed by atoms with Crippen LogP contribution in [0, 0.1) is 0 Å². The van der Waals surface area contributed by atoms with E-state index in [-0.39, 0.29) is 12.7 Å². The number of anilines is 1. The molecule has 0 unspecified atom stereocenters. The van der Waals surface area contributed by atoms with Crippen LogP contribution < -0.4 is 23.8 Å². The monoisotopic (exact) mass is 395 g/mol. The maximum Gasteiger partial charge on any atom is 0.262 e. The van der Waals surface area contributed by atoms with E-state index in [0.29, 0.717) is 48.3 Å². The maximum atomic E-state index is 13.5. The number of hydrogen-bond acceptors (Lipinski definition) is 6. The summed E-state index contributed by atoms with van der Waals surface area (Å²) in [7, 11) is 0. The highest BCUT2D eigenvalue weighted by molar-refractivity contribution is 7.09. The minimum Gasteiger partial charge on any atom is -0.486 e. The molecule has 1 amide bonds. The molecule has 7 heteroatoms. The molecule has 0 aliphatic carbocycles. The summed E-state index contributed by atoms with van der Waals surface area (Å²) in [6, 6.07) is 14.9. The van der Waals surface area contributed by atoms with Gasteiger partial charge in [-0.05, 0) is 35.7 Å². The van der Waals surface area contributed by atoms with Gasteiger partial charge in [-0.25, -0.2) is 0 Å². The molecular formula is C21H17NO5S. The molecule has 28 heavy (non-hydrogen) atoms. The molecule has 142 valence electrons. The predicted octanol–water partition coefficient (Wildman–Crippen LogP) is 4.10. The molecule has 5 rings (SSSR count). The van der Waals surface area contributed by atoms with Gasteiger partial charge < -0.3 is 23.8 Å². The van der Waals surface area contributed by atoms with Crippen LogP contribution in [0.2, 0.25) is 0 Å². The van der Waals surface area contributed by atoms with Crippen molar-refractivity contribution in [3.05, 3.63) is 64.4 Å². The van der Waals surface area contributed by atoms with Gasteiger partial charge in [0.2, 0.25) is 6.79 Å². The lowest BCUT2D eigenvalue weighted by molar-refractivity contribution is 0.0980. The van der Waals surface area contributed by atoms with Crippen molar-refractivity contribution in [1.29, 1.82) is 0 Å². The summed E-state index contributed by atoms with van der Waals surface area (Å²) in [4.78, 5) is 16.3. The summed E-state index contributed by atoms with van der Waals surface area (Å²) < 4.78 is 22.3. The zero-order valence-corrected chi connectivity index (χ0v) is 15.7. The van der Waals surface area contributed by atoms with Gasteiger partial charge in [0.05, 0.1) is 12.1 Å². The van der Waals surface area contributed by atoms with Crippen LogP contribution in [0.1, 0.15) is 15.2 Å². The second-order valence-corrected chi connectivity index (χ2v) is 7.37. The van der Waals surface area contributed by atoms with Crippen molar-refractivity contribution < 1.29 is 23.7 Å². The molecule has 2 aromatic carbocycles. The van der Waals surface area contributed by atoms with Gasteiger partial charge in [-0.1, -0.05) is 12.1 Å². The van der Waals surface area contributed by atoms with Crippen LogP contribution in [0.3, 0.4) is 0 Å². The number of carbonyl (C=O) groups excluding carboxylic acids is 1. The van der Waals surface area contributed by atoms with Crippen LogP contribution in [0.5, 0.6) is 23.0 Å². The lowest BCUT2D eigenvalue weighted by Crippen LogP contribution is -2.30. The molecule has 2 aliphatic rings. The normalized spacial score (nSPS) is 14.0. The molecule has 0 atom stereocenters. The fourth-order valence-corrected chi connectivity index (χ4v) is 3.98. The first kappa shape index (κ1) is 16.9. The Balaban J connectivity index is 1.55. The van der Waals surface area contributed by atoms with E-state index < -0.39 is 0 Å². The number of para-hydroxylation sites is 1. The van der Waals surface area contributed by atoms with Crippen LogP contribution in [-0.4, -0.2) is 25.9 Å². The smallest absolute Gasteiger partial charge is 0.262 e. The van der Waals surface area contributed by atoms with E-state index >= 15 is 0 Å². The van der Waals surface area contributed by atoms with Crippen molar-refractivity contribution in [2.75, 3.05) is 24.9 Å².